The maximum Gasteiger partial charge on any atom is 0.319 e. The van der Waals surface area contributed by atoms with E-state index in [4.69, 9.17) is 0 Å². The molecular formula is C13H15N3O2S. The van der Waals surface area contributed by atoms with Gasteiger partial charge in [0.15, 0.2) is 0 Å². The number of amides is 2. The van der Waals surface area contributed by atoms with Crippen molar-refractivity contribution in [2.75, 3.05) is 5.32 Å². The third kappa shape index (κ3) is 4.04. The smallest absolute Gasteiger partial charge is 0.319 e. The van der Waals surface area contributed by atoms with Gasteiger partial charge >= 0.3 is 6.03 Å². The van der Waals surface area contributed by atoms with Crippen molar-refractivity contribution in [3.05, 3.63) is 46.4 Å². The lowest BCUT2D eigenvalue weighted by atomic mass is 10.1. The Morgan fingerprint density at radius 3 is 3.05 bits per heavy atom. The Hall–Kier alpha value is -1.92. The van der Waals surface area contributed by atoms with E-state index in [1.165, 1.54) is 11.3 Å². The van der Waals surface area contributed by atoms with Gasteiger partial charge in [-0.1, -0.05) is 12.1 Å². The number of nitrogens with one attached hydrogen (secondary N) is 2. The number of aromatic nitrogens is 1. The minimum atomic E-state index is -0.556. The van der Waals surface area contributed by atoms with Crippen LogP contribution in [0.4, 0.5) is 10.5 Å². The van der Waals surface area contributed by atoms with Gasteiger partial charge < -0.3 is 15.7 Å². The summed E-state index contributed by atoms with van der Waals surface area (Å²) >= 11 is 1.49. The molecule has 0 bridgehead atoms. The molecule has 2 amide bonds. The van der Waals surface area contributed by atoms with Crippen molar-refractivity contribution in [3.63, 3.8) is 0 Å². The maximum atomic E-state index is 11.7. The monoisotopic (exact) mass is 277 g/mol. The van der Waals surface area contributed by atoms with E-state index in [9.17, 15) is 9.90 Å². The van der Waals surface area contributed by atoms with Crippen LogP contribution in [0.15, 0.2) is 35.2 Å². The van der Waals surface area contributed by atoms with E-state index < -0.39 is 6.10 Å². The molecule has 100 valence electrons. The van der Waals surface area contributed by atoms with Gasteiger partial charge in [-0.25, -0.2) is 9.78 Å². The van der Waals surface area contributed by atoms with E-state index in [0.29, 0.717) is 12.2 Å². The third-order valence-electron chi connectivity index (χ3n) is 2.54. The minimum absolute atomic E-state index is 0.296. The fourth-order valence-corrected chi connectivity index (χ4v) is 2.11. The molecule has 1 aromatic heterocycles. The number of thiazole rings is 1. The number of benzene rings is 1. The van der Waals surface area contributed by atoms with E-state index in [0.717, 1.165) is 11.3 Å². The zero-order valence-electron chi connectivity index (χ0n) is 10.5. The van der Waals surface area contributed by atoms with Crippen LogP contribution in [0.5, 0.6) is 0 Å². The number of rotatable bonds is 4. The number of aliphatic hydroxyl groups excluding tert-OH is 1. The molecule has 0 radical (unpaired) electrons. The van der Waals surface area contributed by atoms with Crippen molar-refractivity contribution in [2.45, 2.75) is 19.6 Å². The summed E-state index contributed by atoms with van der Waals surface area (Å²) in [6.07, 6.45) is -0.556. The quantitative estimate of drug-likeness (QED) is 0.804. The molecule has 1 unspecified atom stereocenters. The summed E-state index contributed by atoms with van der Waals surface area (Å²) < 4.78 is 0. The predicted molar refractivity (Wildman–Crippen MR) is 75.0 cm³/mol. The van der Waals surface area contributed by atoms with Crippen molar-refractivity contribution in [1.29, 1.82) is 0 Å². The summed E-state index contributed by atoms with van der Waals surface area (Å²) in [5, 5.41) is 16.8. The molecule has 19 heavy (non-hydrogen) atoms. The highest BCUT2D eigenvalue weighted by Crippen LogP contribution is 2.16. The average molecular weight is 277 g/mol. The largest absolute Gasteiger partial charge is 0.389 e. The Labute approximate surface area is 115 Å². The molecular weight excluding hydrogens is 262 g/mol. The van der Waals surface area contributed by atoms with Crippen LogP contribution in [0.25, 0.3) is 0 Å². The molecule has 5 nitrogen and oxygen atoms in total. The van der Waals surface area contributed by atoms with Crippen LogP contribution in [0.2, 0.25) is 0 Å². The van der Waals surface area contributed by atoms with Crippen LogP contribution < -0.4 is 10.6 Å². The van der Waals surface area contributed by atoms with Gasteiger partial charge in [-0.2, -0.15) is 0 Å². The van der Waals surface area contributed by atoms with Crippen molar-refractivity contribution in [3.8, 4) is 0 Å². The second-order valence-electron chi connectivity index (χ2n) is 4.09. The minimum Gasteiger partial charge on any atom is -0.389 e. The third-order valence-corrected chi connectivity index (χ3v) is 3.18. The van der Waals surface area contributed by atoms with Crippen LogP contribution in [-0.2, 0) is 6.54 Å². The first-order chi connectivity index (χ1) is 9.15. The van der Waals surface area contributed by atoms with Gasteiger partial charge in [-0.05, 0) is 24.6 Å². The van der Waals surface area contributed by atoms with E-state index in [1.807, 2.05) is 11.4 Å². The standard InChI is InChI=1S/C13H15N3O2S/c1-9(17)10-3-2-4-11(5-10)16-13(18)14-6-12-7-19-8-15-12/h2-5,7-9,17H,6H2,1H3,(H2,14,16,18). The number of hydrogen-bond acceptors (Lipinski definition) is 4. The number of carbonyl (C=O) groups excluding carboxylic acids is 1. The second kappa shape index (κ2) is 6.31. The van der Waals surface area contributed by atoms with Crippen molar-refractivity contribution >= 4 is 23.1 Å². The molecule has 1 heterocycles. The molecule has 2 rings (SSSR count). The van der Waals surface area contributed by atoms with Gasteiger partial charge in [0.25, 0.3) is 0 Å². The Morgan fingerprint density at radius 2 is 2.37 bits per heavy atom. The normalized spacial score (nSPS) is 11.9. The summed E-state index contributed by atoms with van der Waals surface area (Å²) in [6, 6.07) is 6.82. The molecule has 0 aliphatic carbocycles. The number of anilines is 1. The highest BCUT2D eigenvalue weighted by atomic mass is 32.1. The van der Waals surface area contributed by atoms with Crippen LogP contribution in [0.1, 0.15) is 24.3 Å². The second-order valence-corrected chi connectivity index (χ2v) is 4.81. The van der Waals surface area contributed by atoms with E-state index in [2.05, 4.69) is 15.6 Å². The van der Waals surface area contributed by atoms with Gasteiger partial charge in [0.1, 0.15) is 0 Å². The van der Waals surface area contributed by atoms with Gasteiger partial charge in [0, 0.05) is 11.1 Å². The number of urea groups is 1. The highest BCUT2D eigenvalue weighted by Gasteiger charge is 2.05. The molecule has 1 atom stereocenters. The number of aliphatic hydroxyl groups is 1. The first kappa shape index (κ1) is 13.5. The van der Waals surface area contributed by atoms with Gasteiger partial charge in [-0.3, -0.25) is 0 Å². The topological polar surface area (TPSA) is 74.2 Å². The lowest BCUT2D eigenvalue weighted by Crippen LogP contribution is -2.28. The van der Waals surface area contributed by atoms with Crippen molar-refractivity contribution in [1.82, 2.24) is 10.3 Å². The van der Waals surface area contributed by atoms with Crippen LogP contribution in [0, 0.1) is 0 Å². The summed E-state index contributed by atoms with van der Waals surface area (Å²) in [5.74, 6) is 0. The highest BCUT2D eigenvalue weighted by molar-refractivity contribution is 7.07. The molecule has 0 saturated heterocycles. The Kier molecular flexibility index (Phi) is 4.48. The summed E-state index contributed by atoms with van der Waals surface area (Å²) in [4.78, 5) is 15.8. The predicted octanol–water partition coefficient (Wildman–Crippen LogP) is 2.52. The van der Waals surface area contributed by atoms with E-state index in [1.54, 1.807) is 30.6 Å². The van der Waals surface area contributed by atoms with Crippen molar-refractivity contribution in [2.24, 2.45) is 0 Å². The SMILES string of the molecule is CC(O)c1cccc(NC(=O)NCc2cscn2)c1. The molecule has 0 aliphatic heterocycles. The molecule has 0 fully saturated rings. The van der Waals surface area contributed by atoms with Gasteiger partial charge in [0.05, 0.1) is 23.9 Å². The lowest BCUT2D eigenvalue weighted by molar-refractivity contribution is 0.199. The number of nitrogens with zero attached hydrogens (tertiary/aromatic N) is 1. The van der Waals surface area contributed by atoms with Crippen LogP contribution in [0.3, 0.4) is 0 Å². The first-order valence-corrected chi connectivity index (χ1v) is 6.79. The first-order valence-electron chi connectivity index (χ1n) is 5.85. The zero-order valence-corrected chi connectivity index (χ0v) is 11.3. The lowest BCUT2D eigenvalue weighted by Gasteiger charge is -2.09. The molecule has 0 saturated carbocycles. The van der Waals surface area contributed by atoms with Crippen LogP contribution >= 0.6 is 11.3 Å². The average Bonchev–Trinajstić information content (AvgIpc) is 2.90. The molecule has 0 spiro atoms. The summed E-state index contributed by atoms with van der Waals surface area (Å²) in [7, 11) is 0. The summed E-state index contributed by atoms with van der Waals surface area (Å²) in [5.41, 5.74) is 3.96. The fraction of sp³-hybridized carbons (Fsp3) is 0.231. The van der Waals surface area contributed by atoms with Gasteiger partial charge in [-0.15, -0.1) is 11.3 Å². The zero-order chi connectivity index (χ0) is 13.7. The summed E-state index contributed by atoms with van der Waals surface area (Å²) in [6.45, 7) is 2.08. The number of hydrogen-bond donors (Lipinski definition) is 3. The Balaban J connectivity index is 1.89. The van der Waals surface area contributed by atoms with Crippen molar-refractivity contribution < 1.29 is 9.90 Å². The van der Waals surface area contributed by atoms with E-state index >= 15 is 0 Å². The van der Waals surface area contributed by atoms with E-state index in [-0.39, 0.29) is 6.03 Å². The molecule has 0 aliphatic rings. The molecule has 6 heteroatoms. The maximum absolute atomic E-state index is 11.7. The van der Waals surface area contributed by atoms with Crippen LogP contribution in [-0.4, -0.2) is 16.1 Å². The molecule has 2 aromatic rings. The Bertz CT molecular complexity index is 541. The molecule has 1 aromatic carbocycles. The molecule has 3 N–H and O–H groups in total. The fourth-order valence-electron chi connectivity index (χ4n) is 1.55. The van der Waals surface area contributed by atoms with Gasteiger partial charge in [0.2, 0.25) is 0 Å². The Morgan fingerprint density at radius 1 is 1.53 bits per heavy atom. The number of carbonyl (C=O) groups is 1.